The van der Waals surface area contributed by atoms with Crippen LogP contribution in [0.15, 0.2) is 18.3 Å². The smallest absolute Gasteiger partial charge is 0.243 e. The van der Waals surface area contributed by atoms with Crippen molar-refractivity contribution >= 4 is 23.2 Å². The zero-order valence-corrected chi connectivity index (χ0v) is 11.4. The second-order valence-electron chi connectivity index (χ2n) is 4.60. The first kappa shape index (κ1) is 12.7. The van der Waals surface area contributed by atoms with E-state index in [1.807, 2.05) is 12.1 Å². The van der Waals surface area contributed by atoms with Crippen LogP contribution in [0, 0.1) is 0 Å². The fraction of sp³-hybridized carbons (Fsp3) is 0.500. The van der Waals surface area contributed by atoms with Crippen molar-refractivity contribution in [1.82, 2.24) is 24.8 Å². The van der Waals surface area contributed by atoms with Crippen molar-refractivity contribution in [3.05, 3.63) is 23.4 Å². The first-order valence-electron chi connectivity index (χ1n) is 6.50. The van der Waals surface area contributed by atoms with Gasteiger partial charge in [-0.25, -0.2) is 4.52 Å². The minimum absolute atomic E-state index is 0.650. The molecule has 1 fully saturated rings. The molecule has 1 aliphatic heterocycles. The molecule has 7 heteroatoms. The predicted octanol–water partition coefficient (Wildman–Crippen LogP) is 0.700. The third kappa shape index (κ3) is 3.15. The maximum Gasteiger partial charge on any atom is 0.243 e. The van der Waals surface area contributed by atoms with Gasteiger partial charge in [0.15, 0.2) is 5.65 Å². The van der Waals surface area contributed by atoms with Crippen LogP contribution in [-0.2, 0) is 0 Å². The molecule has 2 N–H and O–H groups in total. The average Bonchev–Trinajstić information content (AvgIpc) is 2.82. The fourth-order valence-electron chi connectivity index (χ4n) is 2.19. The van der Waals surface area contributed by atoms with E-state index >= 15 is 0 Å². The van der Waals surface area contributed by atoms with Crippen molar-refractivity contribution in [3.63, 3.8) is 0 Å². The van der Waals surface area contributed by atoms with Crippen molar-refractivity contribution in [2.45, 2.75) is 0 Å². The van der Waals surface area contributed by atoms with Crippen LogP contribution in [-0.4, -0.2) is 58.8 Å². The number of rotatable bonds is 4. The molecule has 2 aromatic rings. The second-order valence-corrected chi connectivity index (χ2v) is 5.04. The number of nitrogens with one attached hydrogen (secondary N) is 2. The number of nitrogens with zero attached hydrogens (tertiary/aromatic N) is 4. The summed E-state index contributed by atoms with van der Waals surface area (Å²) in [7, 11) is 0. The van der Waals surface area contributed by atoms with E-state index in [9.17, 15) is 0 Å². The lowest BCUT2D eigenvalue weighted by Gasteiger charge is -2.26. The first-order valence-corrected chi connectivity index (χ1v) is 6.88. The van der Waals surface area contributed by atoms with Crippen molar-refractivity contribution in [3.8, 4) is 0 Å². The molecule has 3 heterocycles. The van der Waals surface area contributed by atoms with Gasteiger partial charge in [0, 0.05) is 45.5 Å². The maximum atomic E-state index is 5.91. The van der Waals surface area contributed by atoms with Gasteiger partial charge in [-0.2, -0.15) is 4.98 Å². The molecular formula is C12H17ClN6. The highest BCUT2D eigenvalue weighted by molar-refractivity contribution is 6.30. The van der Waals surface area contributed by atoms with Gasteiger partial charge in [-0.1, -0.05) is 11.6 Å². The number of hydrogen-bond acceptors (Lipinski definition) is 5. The van der Waals surface area contributed by atoms with Crippen LogP contribution in [0.2, 0.25) is 5.02 Å². The zero-order chi connectivity index (χ0) is 13.1. The molecule has 6 nitrogen and oxygen atoms in total. The van der Waals surface area contributed by atoms with Crippen LogP contribution in [0.1, 0.15) is 0 Å². The van der Waals surface area contributed by atoms with Gasteiger partial charge in [0.1, 0.15) is 0 Å². The van der Waals surface area contributed by atoms with Crippen LogP contribution in [0.4, 0.5) is 5.95 Å². The summed E-state index contributed by atoms with van der Waals surface area (Å²) in [5, 5.41) is 11.6. The maximum absolute atomic E-state index is 5.91. The zero-order valence-electron chi connectivity index (χ0n) is 10.6. The second kappa shape index (κ2) is 5.73. The Balaban J connectivity index is 1.56. The van der Waals surface area contributed by atoms with Gasteiger partial charge in [0.25, 0.3) is 0 Å². The molecular weight excluding hydrogens is 264 g/mol. The molecule has 1 aliphatic rings. The van der Waals surface area contributed by atoms with Crippen LogP contribution in [0.25, 0.3) is 5.65 Å². The lowest BCUT2D eigenvalue weighted by molar-refractivity contribution is 0.249. The van der Waals surface area contributed by atoms with Gasteiger partial charge >= 0.3 is 0 Å². The fourth-order valence-corrected chi connectivity index (χ4v) is 2.35. The molecule has 0 bridgehead atoms. The van der Waals surface area contributed by atoms with Crippen molar-refractivity contribution in [1.29, 1.82) is 0 Å². The van der Waals surface area contributed by atoms with Gasteiger partial charge in [0.2, 0.25) is 5.95 Å². The van der Waals surface area contributed by atoms with Crippen LogP contribution >= 0.6 is 11.6 Å². The first-order chi connectivity index (χ1) is 9.31. The van der Waals surface area contributed by atoms with E-state index in [1.54, 1.807) is 10.7 Å². The Morgan fingerprint density at radius 2 is 2.16 bits per heavy atom. The molecule has 3 rings (SSSR count). The van der Waals surface area contributed by atoms with Crippen LogP contribution in [0.5, 0.6) is 0 Å². The van der Waals surface area contributed by atoms with E-state index in [0.717, 1.165) is 44.9 Å². The number of pyridine rings is 1. The number of aromatic nitrogens is 3. The van der Waals surface area contributed by atoms with Gasteiger partial charge in [-0.15, -0.1) is 5.10 Å². The number of halogens is 1. The molecule has 102 valence electrons. The normalized spacial score (nSPS) is 16.9. The highest BCUT2D eigenvalue weighted by atomic mass is 35.5. The Morgan fingerprint density at radius 1 is 1.32 bits per heavy atom. The molecule has 0 atom stereocenters. The Bertz CT molecular complexity index is 548. The lowest BCUT2D eigenvalue weighted by Crippen LogP contribution is -2.45. The molecule has 0 saturated carbocycles. The van der Waals surface area contributed by atoms with Crippen molar-refractivity contribution in [2.24, 2.45) is 0 Å². The minimum Gasteiger partial charge on any atom is -0.352 e. The van der Waals surface area contributed by atoms with E-state index in [4.69, 9.17) is 11.6 Å². The van der Waals surface area contributed by atoms with E-state index in [1.165, 1.54) is 0 Å². The van der Waals surface area contributed by atoms with Crippen LogP contribution in [0.3, 0.4) is 0 Å². The summed E-state index contributed by atoms with van der Waals surface area (Å²) < 4.78 is 1.69. The number of anilines is 1. The largest absolute Gasteiger partial charge is 0.352 e. The monoisotopic (exact) mass is 280 g/mol. The summed E-state index contributed by atoms with van der Waals surface area (Å²) in [6, 6.07) is 3.67. The van der Waals surface area contributed by atoms with E-state index < -0.39 is 0 Å². The molecule has 19 heavy (non-hydrogen) atoms. The molecule has 1 saturated heterocycles. The predicted molar refractivity (Wildman–Crippen MR) is 75.8 cm³/mol. The molecule has 0 unspecified atom stereocenters. The van der Waals surface area contributed by atoms with Crippen LogP contribution < -0.4 is 10.6 Å². The Labute approximate surface area is 116 Å². The van der Waals surface area contributed by atoms with E-state index in [2.05, 4.69) is 25.6 Å². The summed E-state index contributed by atoms with van der Waals surface area (Å²) in [6.07, 6.45) is 1.76. The third-order valence-corrected chi connectivity index (χ3v) is 3.44. The van der Waals surface area contributed by atoms with E-state index in [-0.39, 0.29) is 0 Å². The highest BCUT2D eigenvalue weighted by Crippen LogP contribution is 2.11. The van der Waals surface area contributed by atoms with Crippen molar-refractivity contribution < 1.29 is 0 Å². The average molecular weight is 281 g/mol. The molecule has 0 spiro atoms. The minimum atomic E-state index is 0.650. The van der Waals surface area contributed by atoms with Gasteiger partial charge in [-0.3, -0.25) is 4.90 Å². The summed E-state index contributed by atoms with van der Waals surface area (Å²) in [5.41, 5.74) is 0.800. The quantitative estimate of drug-likeness (QED) is 0.863. The van der Waals surface area contributed by atoms with Gasteiger partial charge < -0.3 is 10.6 Å². The lowest BCUT2D eigenvalue weighted by atomic mass is 10.3. The van der Waals surface area contributed by atoms with Gasteiger partial charge in [-0.05, 0) is 12.1 Å². The van der Waals surface area contributed by atoms with Gasteiger partial charge in [0.05, 0.1) is 5.02 Å². The molecule has 0 aliphatic carbocycles. The highest BCUT2D eigenvalue weighted by Gasteiger charge is 2.09. The van der Waals surface area contributed by atoms with E-state index in [0.29, 0.717) is 11.0 Å². The number of piperazine rings is 1. The molecule has 0 aromatic carbocycles. The molecule has 0 radical (unpaired) electrons. The Morgan fingerprint density at radius 3 is 3.00 bits per heavy atom. The summed E-state index contributed by atoms with van der Waals surface area (Å²) in [4.78, 5) is 6.81. The third-order valence-electron chi connectivity index (χ3n) is 3.22. The SMILES string of the molecule is Clc1ccc2nc(NCCN3CCNCC3)nn2c1. The topological polar surface area (TPSA) is 57.5 Å². The molecule has 2 aromatic heterocycles. The Hall–Kier alpha value is -1.37. The number of fused-ring (bicyclic) bond motifs is 1. The Kier molecular flexibility index (Phi) is 3.82. The summed E-state index contributed by atoms with van der Waals surface area (Å²) >= 11 is 5.91. The standard InChI is InChI=1S/C12H17ClN6/c13-10-1-2-11-16-12(17-19(11)9-10)15-5-8-18-6-3-14-4-7-18/h1-2,9,14H,3-8H2,(H,15,17). The van der Waals surface area contributed by atoms with Crippen molar-refractivity contribution in [2.75, 3.05) is 44.6 Å². The summed E-state index contributed by atoms with van der Waals surface area (Å²) in [5.74, 6) is 0.650. The number of hydrogen-bond donors (Lipinski definition) is 2. The molecule has 0 amide bonds. The summed E-state index contributed by atoms with van der Waals surface area (Å²) in [6.45, 7) is 6.23.